The minimum absolute atomic E-state index is 0.126. The molecule has 0 aliphatic heterocycles. The summed E-state index contributed by atoms with van der Waals surface area (Å²) in [6.45, 7) is 3.94. The molecule has 0 aliphatic carbocycles. The van der Waals surface area contributed by atoms with Gasteiger partial charge in [-0.1, -0.05) is 18.2 Å². The van der Waals surface area contributed by atoms with Gasteiger partial charge in [-0.3, -0.25) is 4.79 Å². The molecule has 0 spiro atoms. The number of hydrogen-bond donors (Lipinski definition) is 1. The fourth-order valence-corrected chi connectivity index (χ4v) is 3.46. The van der Waals surface area contributed by atoms with E-state index in [0.29, 0.717) is 23.7 Å². The highest BCUT2D eigenvalue weighted by atomic mass is 32.1. The molecule has 2 aromatic carbocycles. The molecule has 0 aliphatic rings. The first kappa shape index (κ1) is 18.0. The molecule has 0 saturated carbocycles. The Morgan fingerprint density at radius 3 is 2.54 bits per heavy atom. The molecule has 1 heterocycles. The quantitative estimate of drug-likeness (QED) is 0.680. The number of nitrogens with one attached hydrogen (secondary N) is 1. The number of carbonyl (C=O) groups is 1. The topological polar surface area (TPSA) is 51.2 Å². The molecule has 1 aromatic heterocycles. The van der Waals surface area contributed by atoms with Crippen LogP contribution in [0.15, 0.2) is 42.5 Å². The Kier molecular flexibility index (Phi) is 5.27. The second kappa shape index (κ2) is 7.61. The van der Waals surface area contributed by atoms with Crippen molar-refractivity contribution in [3.05, 3.63) is 64.7 Å². The van der Waals surface area contributed by atoms with Gasteiger partial charge in [-0.05, 0) is 38.1 Å². The number of benzene rings is 2. The van der Waals surface area contributed by atoms with Crippen LogP contribution in [0.3, 0.4) is 0 Å². The van der Waals surface area contributed by atoms with Crippen LogP contribution >= 0.6 is 11.3 Å². The molecule has 134 valence electrons. The molecular formula is C19H16F2N2O2S. The Hall–Kier alpha value is -2.80. The van der Waals surface area contributed by atoms with Crippen molar-refractivity contribution in [1.82, 2.24) is 4.98 Å². The van der Waals surface area contributed by atoms with Gasteiger partial charge in [-0.15, -0.1) is 11.3 Å². The van der Waals surface area contributed by atoms with Crippen LogP contribution in [0.2, 0.25) is 0 Å². The normalized spacial score (nSPS) is 10.6. The fraction of sp³-hybridized carbons (Fsp3) is 0.158. The molecule has 26 heavy (non-hydrogen) atoms. The third kappa shape index (κ3) is 3.57. The van der Waals surface area contributed by atoms with Gasteiger partial charge >= 0.3 is 0 Å². The Morgan fingerprint density at radius 2 is 1.85 bits per heavy atom. The van der Waals surface area contributed by atoms with Crippen molar-refractivity contribution in [2.45, 2.75) is 13.8 Å². The van der Waals surface area contributed by atoms with E-state index in [4.69, 9.17) is 4.74 Å². The molecule has 4 nitrogen and oxygen atoms in total. The van der Waals surface area contributed by atoms with E-state index in [2.05, 4.69) is 10.3 Å². The number of ether oxygens (including phenoxy) is 1. The number of aryl methyl sites for hydroxylation is 1. The van der Waals surface area contributed by atoms with E-state index in [1.54, 1.807) is 31.2 Å². The van der Waals surface area contributed by atoms with Crippen molar-refractivity contribution in [2.24, 2.45) is 0 Å². The van der Waals surface area contributed by atoms with Crippen molar-refractivity contribution in [3.8, 4) is 16.3 Å². The minimum Gasteiger partial charge on any atom is -0.492 e. The molecule has 0 radical (unpaired) electrons. The van der Waals surface area contributed by atoms with Crippen molar-refractivity contribution in [3.63, 3.8) is 0 Å². The summed E-state index contributed by atoms with van der Waals surface area (Å²) in [5, 5.41) is 2.89. The zero-order valence-corrected chi connectivity index (χ0v) is 15.0. The molecule has 1 amide bonds. The van der Waals surface area contributed by atoms with E-state index in [0.717, 1.165) is 23.5 Å². The summed E-state index contributed by atoms with van der Waals surface area (Å²) in [4.78, 5) is 17.1. The average Bonchev–Trinajstić information content (AvgIpc) is 2.98. The third-order valence-electron chi connectivity index (χ3n) is 3.61. The standard InChI is InChI=1S/C19H16F2N2O2S/c1-3-25-15-10-5-4-9-14(15)23-18(24)17-11(2)22-19(26-17)16-12(20)7-6-8-13(16)21/h4-10H,3H2,1-2H3,(H,23,24). The maximum Gasteiger partial charge on any atom is 0.267 e. The summed E-state index contributed by atoms with van der Waals surface area (Å²) < 4.78 is 33.4. The SMILES string of the molecule is CCOc1ccccc1NC(=O)c1sc(-c2c(F)cccc2F)nc1C. The van der Waals surface area contributed by atoms with Gasteiger partial charge in [0.05, 0.1) is 23.6 Å². The Bertz CT molecular complexity index is 936. The first-order chi connectivity index (χ1) is 12.5. The van der Waals surface area contributed by atoms with Crippen LogP contribution in [0, 0.1) is 18.6 Å². The number of carbonyl (C=O) groups excluding carboxylic acids is 1. The zero-order chi connectivity index (χ0) is 18.7. The molecule has 0 saturated heterocycles. The number of para-hydroxylation sites is 2. The highest BCUT2D eigenvalue weighted by molar-refractivity contribution is 7.17. The Labute approximate surface area is 153 Å². The van der Waals surface area contributed by atoms with Crippen molar-refractivity contribution < 1.29 is 18.3 Å². The second-order valence-electron chi connectivity index (χ2n) is 5.41. The van der Waals surface area contributed by atoms with Gasteiger partial charge in [-0.2, -0.15) is 0 Å². The molecule has 0 fully saturated rings. The Balaban J connectivity index is 1.91. The fourth-order valence-electron chi connectivity index (χ4n) is 2.45. The maximum absolute atomic E-state index is 14.0. The van der Waals surface area contributed by atoms with Gasteiger partial charge < -0.3 is 10.1 Å². The first-order valence-electron chi connectivity index (χ1n) is 7.96. The lowest BCUT2D eigenvalue weighted by Gasteiger charge is -2.10. The summed E-state index contributed by atoms with van der Waals surface area (Å²) in [5.41, 5.74) is 0.694. The van der Waals surface area contributed by atoms with Crippen molar-refractivity contribution >= 4 is 22.9 Å². The Morgan fingerprint density at radius 1 is 1.15 bits per heavy atom. The predicted octanol–water partition coefficient (Wildman–Crippen LogP) is 5.05. The van der Waals surface area contributed by atoms with Gasteiger partial charge in [0.1, 0.15) is 27.3 Å². The lowest BCUT2D eigenvalue weighted by Crippen LogP contribution is -2.12. The summed E-state index contributed by atoms with van der Waals surface area (Å²) in [5.74, 6) is -1.29. The van der Waals surface area contributed by atoms with E-state index in [1.807, 2.05) is 6.92 Å². The van der Waals surface area contributed by atoms with Crippen LogP contribution in [-0.4, -0.2) is 17.5 Å². The van der Waals surface area contributed by atoms with Crippen LogP contribution in [0.5, 0.6) is 5.75 Å². The molecule has 3 aromatic rings. The van der Waals surface area contributed by atoms with E-state index in [9.17, 15) is 13.6 Å². The summed E-state index contributed by atoms with van der Waals surface area (Å²) >= 11 is 0.944. The van der Waals surface area contributed by atoms with Crippen LogP contribution in [0.1, 0.15) is 22.3 Å². The van der Waals surface area contributed by atoms with Gasteiger partial charge in [-0.25, -0.2) is 13.8 Å². The lowest BCUT2D eigenvalue weighted by molar-refractivity contribution is 0.102. The molecule has 0 unspecified atom stereocenters. The van der Waals surface area contributed by atoms with Gasteiger partial charge in [0.2, 0.25) is 0 Å². The highest BCUT2D eigenvalue weighted by Crippen LogP contribution is 2.33. The molecule has 7 heteroatoms. The van der Waals surface area contributed by atoms with Gasteiger partial charge in [0.15, 0.2) is 0 Å². The number of anilines is 1. The van der Waals surface area contributed by atoms with Crippen molar-refractivity contribution in [2.75, 3.05) is 11.9 Å². The smallest absolute Gasteiger partial charge is 0.267 e. The summed E-state index contributed by atoms with van der Waals surface area (Å²) in [7, 11) is 0. The number of aromatic nitrogens is 1. The summed E-state index contributed by atoms with van der Waals surface area (Å²) in [6, 6.07) is 10.7. The number of amides is 1. The number of hydrogen-bond acceptors (Lipinski definition) is 4. The number of thiazole rings is 1. The van der Waals surface area contributed by atoms with E-state index < -0.39 is 17.5 Å². The van der Waals surface area contributed by atoms with Crippen LogP contribution in [0.4, 0.5) is 14.5 Å². The molecule has 0 bridgehead atoms. The maximum atomic E-state index is 14.0. The number of halogens is 2. The molecule has 0 atom stereocenters. The van der Waals surface area contributed by atoms with E-state index in [1.165, 1.54) is 6.07 Å². The van der Waals surface area contributed by atoms with Gasteiger partial charge in [0, 0.05) is 0 Å². The third-order valence-corrected chi connectivity index (χ3v) is 4.79. The van der Waals surface area contributed by atoms with Crippen LogP contribution < -0.4 is 10.1 Å². The average molecular weight is 374 g/mol. The van der Waals surface area contributed by atoms with Crippen LogP contribution in [-0.2, 0) is 0 Å². The second-order valence-corrected chi connectivity index (χ2v) is 6.41. The predicted molar refractivity (Wildman–Crippen MR) is 97.8 cm³/mol. The van der Waals surface area contributed by atoms with Crippen LogP contribution in [0.25, 0.3) is 10.6 Å². The zero-order valence-electron chi connectivity index (χ0n) is 14.2. The largest absolute Gasteiger partial charge is 0.492 e. The number of nitrogens with zero attached hydrogens (tertiary/aromatic N) is 1. The molecular weight excluding hydrogens is 358 g/mol. The first-order valence-corrected chi connectivity index (χ1v) is 8.78. The van der Waals surface area contributed by atoms with Crippen molar-refractivity contribution in [1.29, 1.82) is 0 Å². The lowest BCUT2D eigenvalue weighted by atomic mass is 10.2. The monoisotopic (exact) mass is 374 g/mol. The number of rotatable bonds is 5. The van der Waals surface area contributed by atoms with Gasteiger partial charge in [0.25, 0.3) is 5.91 Å². The summed E-state index contributed by atoms with van der Waals surface area (Å²) in [6.07, 6.45) is 0. The molecule has 1 N–H and O–H groups in total. The van der Waals surface area contributed by atoms with E-state index >= 15 is 0 Å². The minimum atomic E-state index is -0.715. The molecule has 3 rings (SSSR count). The highest BCUT2D eigenvalue weighted by Gasteiger charge is 2.21. The van der Waals surface area contributed by atoms with E-state index in [-0.39, 0.29) is 15.4 Å².